The van der Waals surface area contributed by atoms with E-state index in [1.807, 2.05) is 18.4 Å². The molecule has 1 heterocycles. The number of rotatable bonds is 1. The highest BCUT2D eigenvalue weighted by atomic mass is 16.4. The summed E-state index contributed by atoms with van der Waals surface area (Å²) in [5.74, 6) is 5.03. The largest absolute Gasteiger partial charge is 0.478 e. The van der Waals surface area contributed by atoms with Crippen LogP contribution in [-0.2, 0) is 0 Å². The number of carbonyl (C=O) groups is 1. The van der Waals surface area contributed by atoms with E-state index in [1.54, 1.807) is 24.3 Å². The van der Waals surface area contributed by atoms with Crippen LogP contribution in [0.1, 0.15) is 15.9 Å². The molecule has 1 aromatic rings. The zero-order chi connectivity index (χ0) is 12.1. The topological polar surface area (TPSA) is 49.3 Å². The fourth-order valence-electron chi connectivity index (χ4n) is 1.43. The average molecular weight is 225 g/mol. The third-order valence-corrected chi connectivity index (χ3v) is 2.28. The number of aromatic carboxylic acids is 1. The summed E-state index contributed by atoms with van der Waals surface area (Å²) < 4.78 is 0. The first-order valence-corrected chi connectivity index (χ1v) is 5.20. The molecule has 0 saturated carbocycles. The maximum Gasteiger partial charge on any atom is 0.335 e. The number of hydrogen-bond donors (Lipinski definition) is 2. The standard InChI is InChI=1S/C14H11NO2/c16-14(17)13-5-1-3-11(9-13)6-7-12-4-2-8-15-10-12/h1-5,8-9,15H,10H2,(H,16,17). The molecule has 0 aromatic heterocycles. The molecule has 1 aromatic carbocycles. The minimum atomic E-state index is -0.935. The Morgan fingerprint density at radius 1 is 1.35 bits per heavy atom. The Balaban J connectivity index is 2.21. The summed E-state index contributed by atoms with van der Waals surface area (Å²) in [6.07, 6.45) is 5.68. The first kappa shape index (κ1) is 11.0. The second kappa shape index (κ2) is 5.04. The van der Waals surface area contributed by atoms with E-state index in [9.17, 15) is 4.79 Å². The molecule has 2 rings (SSSR count). The van der Waals surface area contributed by atoms with Crippen LogP contribution in [0.25, 0.3) is 0 Å². The minimum absolute atomic E-state index is 0.257. The smallest absolute Gasteiger partial charge is 0.335 e. The number of allylic oxidation sites excluding steroid dienone is 2. The lowest BCUT2D eigenvalue weighted by Crippen LogP contribution is -2.11. The molecule has 0 fully saturated rings. The van der Waals surface area contributed by atoms with E-state index in [1.165, 1.54) is 0 Å². The van der Waals surface area contributed by atoms with Gasteiger partial charge in [-0.1, -0.05) is 17.9 Å². The molecular weight excluding hydrogens is 214 g/mol. The van der Waals surface area contributed by atoms with Crippen molar-refractivity contribution in [3.8, 4) is 11.8 Å². The van der Waals surface area contributed by atoms with Gasteiger partial charge in [0.15, 0.2) is 0 Å². The Bertz CT molecular complexity index is 559. The van der Waals surface area contributed by atoms with Gasteiger partial charge in [0.2, 0.25) is 0 Å². The molecule has 0 radical (unpaired) electrons. The molecule has 0 bridgehead atoms. The maximum absolute atomic E-state index is 10.8. The van der Waals surface area contributed by atoms with E-state index in [0.29, 0.717) is 12.1 Å². The highest BCUT2D eigenvalue weighted by Crippen LogP contribution is 2.04. The summed E-state index contributed by atoms with van der Waals surface area (Å²) in [6, 6.07) is 6.62. The third kappa shape index (κ3) is 2.99. The van der Waals surface area contributed by atoms with Gasteiger partial charge in [-0.15, -0.1) is 0 Å². The monoisotopic (exact) mass is 225 g/mol. The molecule has 1 aliphatic heterocycles. The molecule has 0 unspecified atom stereocenters. The lowest BCUT2D eigenvalue weighted by atomic mass is 10.1. The number of dihydropyridines is 1. The average Bonchev–Trinajstić information content (AvgIpc) is 2.38. The van der Waals surface area contributed by atoms with Crippen LogP contribution >= 0.6 is 0 Å². The molecule has 0 spiro atoms. The van der Waals surface area contributed by atoms with Crippen molar-refractivity contribution in [2.24, 2.45) is 0 Å². The fraction of sp³-hybridized carbons (Fsp3) is 0.0714. The van der Waals surface area contributed by atoms with Crippen molar-refractivity contribution in [1.29, 1.82) is 0 Å². The number of carboxylic acids is 1. The van der Waals surface area contributed by atoms with Crippen LogP contribution in [0.4, 0.5) is 0 Å². The molecule has 84 valence electrons. The van der Waals surface area contributed by atoms with Crippen molar-refractivity contribution in [3.63, 3.8) is 0 Å². The van der Waals surface area contributed by atoms with Crippen molar-refractivity contribution in [2.75, 3.05) is 6.54 Å². The normalized spacial score (nSPS) is 13.1. The van der Waals surface area contributed by atoms with Gasteiger partial charge in [0.25, 0.3) is 0 Å². The van der Waals surface area contributed by atoms with Crippen LogP contribution in [0.2, 0.25) is 0 Å². The van der Waals surface area contributed by atoms with E-state index >= 15 is 0 Å². The SMILES string of the molecule is O=C(O)c1cccc(C#CC2=CC=CNC2)c1. The van der Waals surface area contributed by atoms with Gasteiger partial charge in [-0.05, 0) is 36.6 Å². The van der Waals surface area contributed by atoms with Gasteiger partial charge < -0.3 is 10.4 Å². The van der Waals surface area contributed by atoms with Crippen LogP contribution in [-0.4, -0.2) is 17.6 Å². The molecule has 17 heavy (non-hydrogen) atoms. The summed E-state index contributed by atoms with van der Waals surface area (Å²) in [4.78, 5) is 10.8. The zero-order valence-electron chi connectivity index (χ0n) is 9.10. The Labute approximate surface area is 99.5 Å². The molecule has 0 saturated heterocycles. The Morgan fingerprint density at radius 2 is 2.24 bits per heavy atom. The summed E-state index contributed by atoms with van der Waals surface area (Å²) >= 11 is 0. The van der Waals surface area contributed by atoms with Crippen LogP contribution in [0.3, 0.4) is 0 Å². The van der Waals surface area contributed by atoms with E-state index in [0.717, 1.165) is 5.57 Å². The third-order valence-electron chi connectivity index (χ3n) is 2.28. The van der Waals surface area contributed by atoms with Crippen molar-refractivity contribution in [1.82, 2.24) is 5.32 Å². The molecule has 0 aliphatic carbocycles. The zero-order valence-corrected chi connectivity index (χ0v) is 9.10. The number of carboxylic acid groups (broad SMARTS) is 1. The van der Waals surface area contributed by atoms with Gasteiger partial charge in [-0.3, -0.25) is 0 Å². The fourth-order valence-corrected chi connectivity index (χ4v) is 1.43. The van der Waals surface area contributed by atoms with Crippen molar-refractivity contribution in [3.05, 3.63) is 59.3 Å². The number of hydrogen-bond acceptors (Lipinski definition) is 2. The lowest BCUT2D eigenvalue weighted by molar-refractivity contribution is 0.0697. The quantitative estimate of drug-likeness (QED) is 0.716. The predicted octanol–water partition coefficient (Wildman–Crippen LogP) is 1.78. The Kier molecular flexibility index (Phi) is 3.27. The summed E-state index contributed by atoms with van der Waals surface area (Å²) in [5, 5.41) is 11.9. The van der Waals surface area contributed by atoms with Gasteiger partial charge in [0, 0.05) is 17.7 Å². The van der Waals surface area contributed by atoms with Crippen molar-refractivity contribution in [2.45, 2.75) is 0 Å². The van der Waals surface area contributed by atoms with Crippen LogP contribution in [0.15, 0.2) is 48.2 Å². The Hall–Kier alpha value is -2.47. The van der Waals surface area contributed by atoms with E-state index < -0.39 is 5.97 Å². The lowest BCUT2D eigenvalue weighted by Gasteiger charge is -2.03. The summed E-state index contributed by atoms with van der Waals surface area (Å²) in [5.41, 5.74) is 1.95. The highest BCUT2D eigenvalue weighted by molar-refractivity contribution is 5.88. The van der Waals surface area contributed by atoms with Gasteiger partial charge >= 0.3 is 5.97 Å². The molecule has 3 heteroatoms. The van der Waals surface area contributed by atoms with Crippen LogP contribution in [0.5, 0.6) is 0 Å². The molecule has 0 amide bonds. The van der Waals surface area contributed by atoms with Gasteiger partial charge in [-0.25, -0.2) is 4.79 Å². The van der Waals surface area contributed by atoms with E-state index in [-0.39, 0.29) is 5.56 Å². The van der Waals surface area contributed by atoms with E-state index in [2.05, 4.69) is 17.2 Å². The maximum atomic E-state index is 10.8. The van der Waals surface area contributed by atoms with Gasteiger partial charge in [-0.2, -0.15) is 0 Å². The van der Waals surface area contributed by atoms with E-state index in [4.69, 9.17) is 5.11 Å². The highest BCUT2D eigenvalue weighted by Gasteiger charge is 2.01. The van der Waals surface area contributed by atoms with Crippen molar-refractivity contribution >= 4 is 5.97 Å². The van der Waals surface area contributed by atoms with Gasteiger partial charge in [0.05, 0.1) is 5.56 Å². The van der Waals surface area contributed by atoms with Crippen molar-refractivity contribution < 1.29 is 9.90 Å². The first-order valence-electron chi connectivity index (χ1n) is 5.20. The predicted molar refractivity (Wildman–Crippen MR) is 65.5 cm³/mol. The molecule has 0 atom stereocenters. The molecule has 3 nitrogen and oxygen atoms in total. The number of nitrogens with one attached hydrogen (secondary N) is 1. The van der Waals surface area contributed by atoms with Crippen LogP contribution in [0, 0.1) is 11.8 Å². The van der Waals surface area contributed by atoms with Crippen LogP contribution < -0.4 is 5.32 Å². The molecular formula is C14H11NO2. The second-order valence-electron chi connectivity index (χ2n) is 3.57. The summed E-state index contributed by atoms with van der Waals surface area (Å²) in [6.45, 7) is 0.710. The Morgan fingerprint density at radius 3 is 2.94 bits per heavy atom. The minimum Gasteiger partial charge on any atom is -0.478 e. The summed E-state index contributed by atoms with van der Waals surface area (Å²) in [7, 11) is 0. The number of benzene rings is 1. The van der Waals surface area contributed by atoms with Gasteiger partial charge in [0.1, 0.15) is 0 Å². The first-order chi connectivity index (χ1) is 8.25. The molecule has 2 N–H and O–H groups in total. The molecule has 1 aliphatic rings. The second-order valence-corrected chi connectivity index (χ2v) is 3.57.